The van der Waals surface area contributed by atoms with Crippen LogP contribution in [0.25, 0.3) is 0 Å². The maximum Gasteiger partial charge on any atom is 0.276 e. The molecule has 0 saturated heterocycles. The summed E-state index contributed by atoms with van der Waals surface area (Å²) in [6.45, 7) is 0. The van der Waals surface area contributed by atoms with Crippen LogP contribution in [0.1, 0.15) is 20.7 Å². The maximum absolute atomic E-state index is 11.2. The summed E-state index contributed by atoms with van der Waals surface area (Å²) in [6, 6.07) is 14.4. The van der Waals surface area contributed by atoms with Crippen molar-refractivity contribution in [1.82, 2.24) is 0 Å². The number of hydrogen-bond donors (Lipinski definition) is 0. The van der Waals surface area contributed by atoms with E-state index in [2.05, 4.69) is 0 Å². The van der Waals surface area contributed by atoms with E-state index >= 15 is 0 Å². The predicted molar refractivity (Wildman–Crippen MR) is 94.8 cm³/mol. The fourth-order valence-electron chi connectivity index (χ4n) is 2.37. The van der Waals surface area contributed by atoms with Gasteiger partial charge >= 0.3 is 0 Å². The number of rotatable bonds is 7. The van der Waals surface area contributed by atoms with Gasteiger partial charge in [0.05, 0.1) is 29.0 Å². The van der Waals surface area contributed by atoms with Gasteiger partial charge in [-0.3, -0.25) is 10.1 Å². The van der Waals surface area contributed by atoms with Crippen molar-refractivity contribution in [2.24, 2.45) is 0 Å². The molecule has 0 radical (unpaired) electrons. The first kappa shape index (κ1) is 19.4. The Morgan fingerprint density at radius 2 is 1.03 bits per heavy atom. The third-order valence-electron chi connectivity index (χ3n) is 3.73. The average molecular weight is 393 g/mol. The molecule has 3 rings (SSSR count). The highest BCUT2D eigenvalue weighted by atomic mass is 16.6. The summed E-state index contributed by atoms with van der Waals surface area (Å²) in [5, 5.41) is 32.8. The van der Waals surface area contributed by atoms with Crippen molar-refractivity contribution in [2.75, 3.05) is 0 Å². The summed E-state index contributed by atoms with van der Waals surface area (Å²) in [5.74, 6) is -2.01. The van der Waals surface area contributed by atoms with E-state index in [1.807, 2.05) is 0 Å². The fraction of sp³-hybridized carbons (Fsp3) is 0. The molecule has 0 N–H and O–H groups in total. The number of nitro benzene ring substituents is 1. The number of carboxylic acid groups (broad SMARTS) is 2. The molecule has 0 heterocycles. The van der Waals surface area contributed by atoms with Gasteiger partial charge in [-0.05, 0) is 59.7 Å². The Balaban J connectivity index is 1.86. The van der Waals surface area contributed by atoms with Gasteiger partial charge in [0.25, 0.3) is 5.69 Å². The molecule has 0 saturated carbocycles. The topological polar surface area (TPSA) is 142 Å². The largest absolute Gasteiger partial charge is 0.545 e. The maximum atomic E-state index is 11.2. The molecule has 0 aliphatic heterocycles. The molecule has 3 aromatic rings. The van der Waals surface area contributed by atoms with Crippen LogP contribution >= 0.6 is 0 Å². The van der Waals surface area contributed by atoms with Gasteiger partial charge in [-0.2, -0.15) is 0 Å². The number of ether oxygens (including phenoxy) is 2. The Kier molecular flexibility index (Phi) is 5.40. The Morgan fingerprint density at radius 3 is 1.34 bits per heavy atom. The Labute approximate surface area is 163 Å². The van der Waals surface area contributed by atoms with E-state index in [1.165, 1.54) is 66.7 Å². The number of carboxylic acids is 2. The van der Waals surface area contributed by atoms with E-state index in [4.69, 9.17) is 9.47 Å². The van der Waals surface area contributed by atoms with Crippen LogP contribution in [0.15, 0.2) is 66.7 Å². The number of nitrogens with zero attached hydrogens (tertiary/aromatic N) is 1. The van der Waals surface area contributed by atoms with Crippen molar-refractivity contribution < 1.29 is 34.2 Å². The standard InChI is InChI=1S/C20H13NO8/c22-19(23)12-1-5-15(6-2-12)28-17-9-14(21(26)27)10-18(11-17)29-16-7-3-13(4-8-16)20(24)25/h1-11H,(H,22,23)(H,24,25)/p-2. The zero-order chi connectivity index (χ0) is 21.0. The SMILES string of the molecule is O=C([O-])c1ccc(Oc2cc(Oc3ccc(C(=O)[O-])cc3)cc([N+](=O)[O-])c2)cc1. The first-order valence-electron chi connectivity index (χ1n) is 8.10. The highest BCUT2D eigenvalue weighted by Gasteiger charge is 2.13. The second kappa shape index (κ2) is 8.09. The number of carbonyl (C=O) groups excluding carboxylic acids is 2. The number of carbonyl (C=O) groups is 2. The third-order valence-corrected chi connectivity index (χ3v) is 3.73. The van der Waals surface area contributed by atoms with Crippen molar-refractivity contribution in [1.29, 1.82) is 0 Å². The second-order valence-corrected chi connectivity index (χ2v) is 5.75. The van der Waals surface area contributed by atoms with Crippen LogP contribution in [-0.2, 0) is 0 Å². The Morgan fingerprint density at radius 1 is 0.655 bits per heavy atom. The number of benzene rings is 3. The van der Waals surface area contributed by atoms with Gasteiger partial charge in [0, 0.05) is 6.07 Å². The van der Waals surface area contributed by atoms with Gasteiger partial charge in [-0.25, -0.2) is 0 Å². The molecule has 0 aliphatic rings. The van der Waals surface area contributed by atoms with Gasteiger partial charge < -0.3 is 29.3 Å². The zero-order valence-corrected chi connectivity index (χ0v) is 14.6. The molecule has 0 amide bonds. The Bertz CT molecular complexity index is 997. The molecule has 29 heavy (non-hydrogen) atoms. The zero-order valence-electron chi connectivity index (χ0n) is 14.6. The lowest BCUT2D eigenvalue weighted by Gasteiger charge is -2.11. The number of aromatic carboxylic acids is 2. The summed E-state index contributed by atoms with van der Waals surface area (Å²) in [5.41, 5.74) is -0.379. The van der Waals surface area contributed by atoms with Gasteiger partial charge in [-0.15, -0.1) is 0 Å². The highest BCUT2D eigenvalue weighted by Crippen LogP contribution is 2.33. The van der Waals surface area contributed by atoms with Crippen molar-refractivity contribution in [3.63, 3.8) is 0 Å². The van der Waals surface area contributed by atoms with E-state index < -0.39 is 16.9 Å². The van der Waals surface area contributed by atoms with Crippen LogP contribution < -0.4 is 19.7 Å². The molecule has 0 fully saturated rings. The molecule has 0 bridgehead atoms. The molecule has 9 heteroatoms. The smallest absolute Gasteiger partial charge is 0.276 e. The summed E-state index contributed by atoms with van der Waals surface area (Å²) < 4.78 is 11.1. The number of non-ortho nitro benzene ring substituents is 1. The third kappa shape index (κ3) is 4.86. The van der Waals surface area contributed by atoms with Crippen LogP contribution in [-0.4, -0.2) is 16.9 Å². The number of hydrogen-bond acceptors (Lipinski definition) is 8. The summed E-state index contributed by atoms with van der Waals surface area (Å²) >= 11 is 0. The predicted octanol–water partition coefficient (Wildman–Crippen LogP) is 1.91. The molecule has 0 unspecified atom stereocenters. The minimum absolute atomic E-state index is 0.0413. The van der Waals surface area contributed by atoms with Crippen LogP contribution in [0, 0.1) is 10.1 Å². The first-order chi connectivity index (χ1) is 13.8. The normalized spacial score (nSPS) is 10.2. The molecule has 9 nitrogen and oxygen atoms in total. The van der Waals surface area contributed by atoms with E-state index in [0.717, 1.165) is 0 Å². The average Bonchev–Trinajstić information content (AvgIpc) is 2.68. The van der Waals surface area contributed by atoms with Gasteiger partial charge in [0.1, 0.15) is 23.0 Å². The second-order valence-electron chi connectivity index (χ2n) is 5.75. The quantitative estimate of drug-likeness (QED) is 0.438. The molecular weight excluding hydrogens is 382 g/mol. The van der Waals surface area contributed by atoms with Gasteiger partial charge in [0.15, 0.2) is 0 Å². The molecule has 146 valence electrons. The van der Waals surface area contributed by atoms with Crippen molar-refractivity contribution in [3.05, 3.63) is 88.0 Å². The van der Waals surface area contributed by atoms with Gasteiger partial charge in [0.2, 0.25) is 0 Å². The lowest BCUT2D eigenvalue weighted by molar-refractivity contribution is -0.385. The van der Waals surface area contributed by atoms with E-state index in [1.54, 1.807) is 0 Å². The van der Waals surface area contributed by atoms with Crippen LogP contribution in [0.4, 0.5) is 5.69 Å². The first-order valence-corrected chi connectivity index (χ1v) is 8.10. The van der Waals surface area contributed by atoms with Crippen LogP contribution in [0.5, 0.6) is 23.0 Å². The summed E-state index contributed by atoms with van der Waals surface area (Å²) in [4.78, 5) is 32.1. The monoisotopic (exact) mass is 393 g/mol. The minimum Gasteiger partial charge on any atom is -0.545 e. The van der Waals surface area contributed by atoms with Crippen LogP contribution in [0.3, 0.4) is 0 Å². The Hall–Kier alpha value is -4.40. The van der Waals surface area contributed by atoms with E-state index in [0.29, 0.717) is 0 Å². The molecule has 0 spiro atoms. The number of nitro groups is 1. The molecule has 0 aliphatic carbocycles. The lowest BCUT2D eigenvalue weighted by Crippen LogP contribution is -2.21. The fourth-order valence-corrected chi connectivity index (χ4v) is 2.37. The molecule has 0 aromatic heterocycles. The van der Waals surface area contributed by atoms with Crippen molar-refractivity contribution >= 4 is 17.6 Å². The van der Waals surface area contributed by atoms with Crippen molar-refractivity contribution in [2.45, 2.75) is 0 Å². The van der Waals surface area contributed by atoms with E-state index in [9.17, 15) is 29.9 Å². The minimum atomic E-state index is -1.34. The highest BCUT2D eigenvalue weighted by molar-refractivity contribution is 5.86. The van der Waals surface area contributed by atoms with Gasteiger partial charge in [-0.1, -0.05) is 0 Å². The summed E-state index contributed by atoms with van der Waals surface area (Å²) in [7, 11) is 0. The molecule has 3 aromatic carbocycles. The van der Waals surface area contributed by atoms with Crippen LogP contribution in [0.2, 0.25) is 0 Å². The summed E-state index contributed by atoms with van der Waals surface area (Å²) in [6.07, 6.45) is 0. The van der Waals surface area contributed by atoms with Crippen molar-refractivity contribution in [3.8, 4) is 23.0 Å². The molecule has 0 atom stereocenters. The van der Waals surface area contributed by atoms with E-state index in [-0.39, 0.29) is 39.8 Å². The molecular formula is C20H11NO8-2. The lowest BCUT2D eigenvalue weighted by atomic mass is 10.2.